The zero-order valence-electron chi connectivity index (χ0n) is 13.9. The molecular weight excluding hydrogens is 240 g/mol. The van der Waals surface area contributed by atoms with Crippen molar-refractivity contribution in [3.63, 3.8) is 0 Å². The molecule has 0 N–H and O–H groups in total. The van der Waals surface area contributed by atoms with E-state index in [1.54, 1.807) is 5.56 Å². The lowest BCUT2D eigenvalue weighted by Gasteiger charge is -2.12. The summed E-state index contributed by atoms with van der Waals surface area (Å²) < 4.78 is 0. The smallest absolute Gasteiger partial charge is 0.0146 e. The van der Waals surface area contributed by atoms with Crippen molar-refractivity contribution < 1.29 is 0 Å². The lowest BCUT2D eigenvalue weighted by Crippen LogP contribution is -1.99. The minimum Gasteiger partial charge on any atom is -0.0654 e. The van der Waals surface area contributed by atoms with Gasteiger partial charge < -0.3 is 0 Å². The molecule has 1 aromatic carbocycles. The maximum absolute atomic E-state index is 3.51. The number of aryl methyl sites for hydroxylation is 2. The van der Waals surface area contributed by atoms with Crippen molar-refractivity contribution in [2.75, 3.05) is 0 Å². The zero-order chi connectivity index (χ0) is 14.6. The highest BCUT2D eigenvalue weighted by atomic mass is 14.1. The SMILES string of the molecule is CCCCCCCc1[c]ccc(C)c1CCCCCC. The van der Waals surface area contributed by atoms with Crippen molar-refractivity contribution in [3.05, 3.63) is 34.9 Å². The third-order valence-corrected chi connectivity index (χ3v) is 4.24. The minimum atomic E-state index is 1.23. The molecule has 0 bridgehead atoms. The molecule has 0 heterocycles. The van der Waals surface area contributed by atoms with Gasteiger partial charge in [-0.25, -0.2) is 0 Å². The second-order valence-electron chi connectivity index (χ2n) is 6.09. The van der Waals surface area contributed by atoms with Crippen LogP contribution in [-0.4, -0.2) is 0 Å². The van der Waals surface area contributed by atoms with Crippen LogP contribution in [0.5, 0.6) is 0 Å². The molecule has 0 atom stereocenters. The third kappa shape index (κ3) is 6.59. The quantitative estimate of drug-likeness (QED) is 0.407. The number of benzene rings is 1. The fourth-order valence-corrected chi connectivity index (χ4v) is 2.90. The van der Waals surface area contributed by atoms with Crippen LogP contribution in [0.25, 0.3) is 0 Å². The standard InChI is InChI=1S/C20H33/c1-4-6-8-10-11-15-19-16-13-14-18(3)20(19)17-12-9-7-5-2/h13-14H,4-12,15,17H2,1-3H3. The van der Waals surface area contributed by atoms with E-state index in [9.17, 15) is 0 Å². The summed E-state index contributed by atoms with van der Waals surface area (Å²) in [6.45, 7) is 6.83. The van der Waals surface area contributed by atoms with E-state index < -0.39 is 0 Å². The summed E-state index contributed by atoms with van der Waals surface area (Å²) in [6, 6.07) is 7.86. The van der Waals surface area contributed by atoms with E-state index in [-0.39, 0.29) is 0 Å². The molecule has 0 nitrogen and oxygen atoms in total. The Morgan fingerprint density at radius 2 is 1.40 bits per heavy atom. The predicted molar refractivity (Wildman–Crippen MR) is 90.3 cm³/mol. The van der Waals surface area contributed by atoms with Gasteiger partial charge in [-0.2, -0.15) is 0 Å². The first kappa shape index (κ1) is 17.3. The first-order chi connectivity index (χ1) is 9.79. The van der Waals surface area contributed by atoms with E-state index in [1.807, 2.05) is 0 Å². The van der Waals surface area contributed by atoms with Gasteiger partial charge in [-0.1, -0.05) is 70.9 Å². The lowest BCUT2D eigenvalue weighted by molar-refractivity contribution is 0.626. The first-order valence-electron chi connectivity index (χ1n) is 8.78. The molecule has 0 aliphatic carbocycles. The van der Waals surface area contributed by atoms with E-state index in [0.29, 0.717) is 0 Å². The average Bonchev–Trinajstić information content (AvgIpc) is 2.45. The monoisotopic (exact) mass is 273 g/mol. The van der Waals surface area contributed by atoms with Crippen LogP contribution in [0.4, 0.5) is 0 Å². The summed E-state index contributed by atoms with van der Waals surface area (Å²) in [5, 5.41) is 0. The van der Waals surface area contributed by atoms with Crippen LogP contribution in [0.3, 0.4) is 0 Å². The fraction of sp³-hybridized carbons (Fsp3) is 0.700. The highest BCUT2D eigenvalue weighted by Crippen LogP contribution is 2.20. The van der Waals surface area contributed by atoms with Gasteiger partial charge in [0.25, 0.3) is 0 Å². The lowest BCUT2D eigenvalue weighted by atomic mass is 9.93. The summed E-state index contributed by atoms with van der Waals surface area (Å²) in [5.41, 5.74) is 4.57. The van der Waals surface area contributed by atoms with Crippen molar-refractivity contribution >= 4 is 0 Å². The van der Waals surface area contributed by atoms with Crippen LogP contribution in [0.1, 0.15) is 88.3 Å². The van der Waals surface area contributed by atoms with Crippen molar-refractivity contribution in [1.29, 1.82) is 0 Å². The number of hydrogen-bond donors (Lipinski definition) is 0. The Hall–Kier alpha value is -0.780. The summed E-state index contributed by atoms with van der Waals surface area (Å²) >= 11 is 0. The van der Waals surface area contributed by atoms with Crippen LogP contribution >= 0.6 is 0 Å². The maximum atomic E-state index is 3.51. The van der Waals surface area contributed by atoms with Crippen LogP contribution in [0.2, 0.25) is 0 Å². The van der Waals surface area contributed by atoms with Crippen molar-refractivity contribution in [2.45, 2.75) is 91.4 Å². The van der Waals surface area contributed by atoms with Crippen LogP contribution in [0.15, 0.2) is 12.1 Å². The van der Waals surface area contributed by atoms with E-state index in [1.165, 1.54) is 81.8 Å². The van der Waals surface area contributed by atoms with Gasteiger partial charge in [-0.05, 0) is 55.4 Å². The molecule has 20 heavy (non-hydrogen) atoms. The predicted octanol–water partition coefficient (Wildman–Crippen LogP) is 6.43. The molecule has 0 aromatic heterocycles. The Morgan fingerprint density at radius 3 is 2.10 bits per heavy atom. The van der Waals surface area contributed by atoms with E-state index >= 15 is 0 Å². The molecule has 113 valence electrons. The van der Waals surface area contributed by atoms with Crippen molar-refractivity contribution in [2.24, 2.45) is 0 Å². The van der Waals surface area contributed by atoms with Crippen molar-refractivity contribution in [1.82, 2.24) is 0 Å². The molecule has 1 rings (SSSR count). The van der Waals surface area contributed by atoms with Crippen molar-refractivity contribution in [3.8, 4) is 0 Å². The summed E-state index contributed by atoms with van der Waals surface area (Å²) in [5.74, 6) is 0. The molecule has 0 amide bonds. The van der Waals surface area contributed by atoms with E-state index in [2.05, 4.69) is 39.0 Å². The number of rotatable bonds is 11. The summed E-state index contributed by atoms with van der Waals surface area (Å²) in [4.78, 5) is 0. The highest BCUT2D eigenvalue weighted by Gasteiger charge is 2.05. The number of hydrogen-bond acceptors (Lipinski definition) is 0. The van der Waals surface area contributed by atoms with Gasteiger partial charge in [0.2, 0.25) is 0 Å². The summed E-state index contributed by atoms with van der Waals surface area (Å²) in [7, 11) is 0. The summed E-state index contributed by atoms with van der Waals surface area (Å²) in [6.07, 6.45) is 14.7. The van der Waals surface area contributed by atoms with Gasteiger partial charge in [0.15, 0.2) is 0 Å². The van der Waals surface area contributed by atoms with Crippen LogP contribution < -0.4 is 0 Å². The average molecular weight is 273 g/mol. The fourth-order valence-electron chi connectivity index (χ4n) is 2.90. The molecule has 0 fully saturated rings. The molecule has 1 aromatic rings. The zero-order valence-corrected chi connectivity index (χ0v) is 13.9. The van der Waals surface area contributed by atoms with Gasteiger partial charge >= 0.3 is 0 Å². The van der Waals surface area contributed by atoms with Gasteiger partial charge in [0, 0.05) is 0 Å². The second kappa shape index (κ2) is 10.9. The Labute approximate surface area is 127 Å². The highest BCUT2D eigenvalue weighted by molar-refractivity contribution is 5.33. The normalized spacial score (nSPS) is 10.9. The molecular formula is C20H33. The van der Waals surface area contributed by atoms with E-state index in [4.69, 9.17) is 0 Å². The van der Waals surface area contributed by atoms with Crippen LogP contribution in [-0.2, 0) is 12.8 Å². The topological polar surface area (TPSA) is 0 Å². The maximum Gasteiger partial charge on any atom is -0.0146 e. The van der Waals surface area contributed by atoms with Gasteiger partial charge in [-0.3, -0.25) is 0 Å². The Balaban J connectivity index is 2.45. The largest absolute Gasteiger partial charge is 0.0654 e. The molecule has 0 aliphatic heterocycles. The Morgan fingerprint density at radius 1 is 0.800 bits per heavy atom. The molecule has 0 spiro atoms. The molecule has 0 saturated carbocycles. The molecule has 0 aliphatic rings. The molecule has 0 saturated heterocycles. The first-order valence-corrected chi connectivity index (χ1v) is 8.78. The molecule has 0 heteroatoms. The minimum absolute atomic E-state index is 1.23. The van der Waals surface area contributed by atoms with E-state index in [0.717, 1.165) is 0 Å². The Bertz CT molecular complexity index is 351. The Kier molecular flexibility index (Phi) is 9.45. The van der Waals surface area contributed by atoms with Gasteiger partial charge in [0.05, 0.1) is 0 Å². The molecule has 0 unspecified atom stereocenters. The van der Waals surface area contributed by atoms with Crippen LogP contribution in [0, 0.1) is 13.0 Å². The van der Waals surface area contributed by atoms with Gasteiger partial charge in [-0.15, -0.1) is 0 Å². The third-order valence-electron chi connectivity index (χ3n) is 4.24. The second-order valence-corrected chi connectivity index (χ2v) is 6.09. The van der Waals surface area contributed by atoms with Gasteiger partial charge in [0.1, 0.15) is 0 Å². The number of unbranched alkanes of at least 4 members (excludes halogenated alkanes) is 7. The molecule has 1 radical (unpaired) electrons.